The minimum atomic E-state index is -1.11. The van der Waals surface area contributed by atoms with Crippen LogP contribution in [-0.2, 0) is 9.53 Å². The number of rotatable bonds is 3. The first-order valence-corrected chi connectivity index (χ1v) is 6.29. The van der Waals surface area contributed by atoms with E-state index >= 15 is 0 Å². The second-order valence-corrected chi connectivity index (χ2v) is 4.94. The number of carbonyl (C=O) groups excluding carboxylic acids is 1. The Labute approximate surface area is 109 Å². The normalized spacial score (nSPS) is 28.3. The van der Waals surface area contributed by atoms with Gasteiger partial charge in [0.15, 0.2) is 0 Å². The number of aromatic carboxylic acids is 1. The molecule has 2 N–H and O–H groups in total. The second kappa shape index (κ2) is 4.62. The van der Waals surface area contributed by atoms with Gasteiger partial charge < -0.3 is 15.2 Å². The SMILES string of the molecule is O=C(O)c1cc(NC(=O)C2CC3CCC2O3)ccn1. The summed E-state index contributed by atoms with van der Waals surface area (Å²) in [6.07, 6.45) is 4.33. The summed E-state index contributed by atoms with van der Waals surface area (Å²) in [6, 6.07) is 2.94. The van der Waals surface area contributed by atoms with Crippen molar-refractivity contribution in [2.75, 3.05) is 5.32 Å². The number of fused-ring (bicyclic) bond motifs is 2. The zero-order chi connectivity index (χ0) is 13.4. The number of aromatic nitrogens is 1. The number of carbonyl (C=O) groups is 2. The summed E-state index contributed by atoms with van der Waals surface area (Å²) in [5.74, 6) is -1.34. The number of carboxylic acids is 1. The topological polar surface area (TPSA) is 88.5 Å². The molecule has 3 heterocycles. The number of amides is 1. The lowest BCUT2D eigenvalue weighted by atomic mass is 9.88. The van der Waals surface area contributed by atoms with Crippen LogP contribution in [0.4, 0.5) is 5.69 Å². The van der Waals surface area contributed by atoms with E-state index in [4.69, 9.17) is 9.84 Å². The highest BCUT2D eigenvalue weighted by Crippen LogP contribution is 2.39. The van der Waals surface area contributed by atoms with Crippen LogP contribution in [0.1, 0.15) is 29.8 Å². The maximum Gasteiger partial charge on any atom is 0.354 e. The Balaban J connectivity index is 1.69. The highest BCUT2D eigenvalue weighted by Gasteiger charge is 2.44. The van der Waals surface area contributed by atoms with E-state index in [0.717, 1.165) is 19.3 Å². The van der Waals surface area contributed by atoms with Crippen molar-refractivity contribution in [1.29, 1.82) is 0 Å². The van der Waals surface area contributed by atoms with Gasteiger partial charge in [0, 0.05) is 11.9 Å². The average Bonchev–Trinajstić information content (AvgIpc) is 3.01. The van der Waals surface area contributed by atoms with Crippen molar-refractivity contribution < 1.29 is 19.4 Å². The average molecular weight is 262 g/mol. The maximum absolute atomic E-state index is 12.1. The molecule has 2 aliphatic heterocycles. The zero-order valence-electron chi connectivity index (χ0n) is 10.2. The van der Waals surface area contributed by atoms with E-state index in [-0.39, 0.29) is 29.7 Å². The largest absolute Gasteiger partial charge is 0.477 e. The molecule has 6 nitrogen and oxygen atoms in total. The van der Waals surface area contributed by atoms with E-state index in [1.54, 1.807) is 6.07 Å². The smallest absolute Gasteiger partial charge is 0.354 e. The summed E-state index contributed by atoms with van der Waals surface area (Å²) >= 11 is 0. The van der Waals surface area contributed by atoms with Crippen LogP contribution in [0.15, 0.2) is 18.3 Å². The number of nitrogens with zero attached hydrogens (tertiary/aromatic N) is 1. The molecule has 0 spiro atoms. The van der Waals surface area contributed by atoms with Crippen LogP contribution in [0.2, 0.25) is 0 Å². The number of hydrogen-bond acceptors (Lipinski definition) is 4. The van der Waals surface area contributed by atoms with Gasteiger partial charge in [0.05, 0.1) is 18.1 Å². The lowest BCUT2D eigenvalue weighted by Crippen LogP contribution is -2.30. The molecule has 1 aromatic heterocycles. The fourth-order valence-corrected chi connectivity index (χ4v) is 2.77. The minimum absolute atomic E-state index is 0.0192. The van der Waals surface area contributed by atoms with Gasteiger partial charge in [0.2, 0.25) is 5.91 Å². The van der Waals surface area contributed by atoms with Gasteiger partial charge >= 0.3 is 5.97 Å². The number of hydrogen-bond donors (Lipinski definition) is 2. The van der Waals surface area contributed by atoms with E-state index < -0.39 is 5.97 Å². The van der Waals surface area contributed by atoms with E-state index in [9.17, 15) is 9.59 Å². The molecule has 0 radical (unpaired) electrons. The number of anilines is 1. The molecule has 3 rings (SSSR count). The van der Waals surface area contributed by atoms with Crippen molar-refractivity contribution in [3.63, 3.8) is 0 Å². The monoisotopic (exact) mass is 262 g/mol. The molecule has 1 aromatic rings. The van der Waals surface area contributed by atoms with Crippen LogP contribution in [0.3, 0.4) is 0 Å². The molecular formula is C13H14N2O4. The molecule has 2 bridgehead atoms. The molecule has 3 atom stereocenters. The Morgan fingerprint density at radius 1 is 1.42 bits per heavy atom. The summed E-state index contributed by atoms with van der Waals surface area (Å²) in [4.78, 5) is 26.6. The van der Waals surface area contributed by atoms with Crippen molar-refractivity contribution in [2.24, 2.45) is 5.92 Å². The van der Waals surface area contributed by atoms with Crippen molar-refractivity contribution >= 4 is 17.6 Å². The molecule has 0 aliphatic carbocycles. The lowest BCUT2D eigenvalue weighted by Gasteiger charge is -2.17. The van der Waals surface area contributed by atoms with Gasteiger partial charge in [-0.25, -0.2) is 9.78 Å². The van der Waals surface area contributed by atoms with Crippen LogP contribution in [0.25, 0.3) is 0 Å². The van der Waals surface area contributed by atoms with Crippen LogP contribution >= 0.6 is 0 Å². The molecular weight excluding hydrogens is 248 g/mol. The van der Waals surface area contributed by atoms with Crippen LogP contribution in [-0.4, -0.2) is 34.2 Å². The van der Waals surface area contributed by atoms with Gasteiger partial charge in [-0.15, -0.1) is 0 Å². The first-order chi connectivity index (χ1) is 9.13. The van der Waals surface area contributed by atoms with Crippen LogP contribution in [0, 0.1) is 5.92 Å². The van der Waals surface area contributed by atoms with Crippen LogP contribution < -0.4 is 5.32 Å². The van der Waals surface area contributed by atoms with Crippen LogP contribution in [0.5, 0.6) is 0 Å². The van der Waals surface area contributed by atoms with Crippen molar-refractivity contribution in [3.05, 3.63) is 24.0 Å². The van der Waals surface area contributed by atoms with Gasteiger partial charge in [-0.05, 0) is 31.4 Å². The summed E-state index contributed by atoms with van der Waals surface area (Å²) < 4.78 is 5.64. The zero-order valence-corrected chi connectivity index (χ0v) is 10.2. The van der Waals surface area contributed by atoms with Gasteiger partial charge in [0.25, 0.3) is 0 Å². The quantitative estimate of drug-likeness (QED) is 0.856. The number of nitrogens with one attached hydrogen (secondary N) is 1. The molecule has 6 heteroatoms. The molecule has 19 heavy (non-hydrogen) atoms. The molecule has 3 unspecified atom stereocenters. The number of pyridine rings is 1. The summed E-state index contributed by atoms with van der Waals surface area (Å²) in [6.45, 7) is 0. The summed E-state index contributed by atoms with van der Waals surface area (Å²) in [5.41, 5.74) is 0.377. The number of ether oxygens (including phenoxy) is 1. The lowest BCUT2D eigenvalue weighted by molar-refractivity contribution is -0.121. The van der Waals surface area contributed by atoms with Gasteiger partial charge in [-0.1, -0.05) is 0 Å². The predicted octanol–water partition coefficient (Wildman–Crippen LogP) is 1.29. The van der Waals surface area contributed by atoms with E-state index in [2.05, 4.69) is 10.3 Å². The van der Waals surface area contributed by atoms with E-state index in [0.29, 0.717) is 5.69 Å². The third-order valence-electron chi connectivity index (χ3n) is 3.69. The third kappa shape index (κ3) is 2.31. The van der Waals surface area contributed by atoms with E-state index in [1.807, 2.05) is 0 Å². The molecule has 1 amide bonds. The molecule has 2 aliphatic rings. The molecule has 0 saturated carbocycles. The first-order valence-electron chi connectivity index (χ1n) is 6.29. The third-order valence-corrected chi connectivity index (χ3v) is 3.69. The Morgan fingerprint density at radius 2 is 2.26 bits per heavy atom. The van der Waals surface area contributed by atoms with Gasteiger partial charge in [-0.2, -0.15) is 0 Å². The van der Waals surface area contributed by atoms with Crippen molar-refractivity contribution in [1.82, 2.24) is 4.98 Å². The molecule has 0 aromatic carbocycles. The van der Waals surface area contributed by atoms with Crippen molar-refractivity contribution in [3.8, 4) is 0 Å². The highest BCUT2D eigenvalue weighted by molar-refractivity contribution is 5.94. The maximum atomic E-state index is 12.1. The fourth-order valence-electron chi connectivity index (χ4n) is 2.77. The van der Waals surface area contributed by atoms with E-state index in [1.165, 1.54) is 12.3 Å². The Morgan fingerprint density at radius 3 is 2.89 bits per heavy atom. The predicted molar refractivity (Wildman–Crippen MR) is 65.8 cm³/mol. The Kier molecular flexibility index (Phi) is 2.94. The molecule has 2 fully saturated rings. The fraction of sp³-hybridized carbons (Fsp3) is 0.462. The molecule has 2 saturated heterocycles. The second-order valence-electron chi connectivity index (χ2n) is 4.94. The highest BCUT2D eigenvalue weighted by atomic mass is 16.5. The van der Waals surface area contributed by atoms with Crippen molar-refractivity contribution in [2.45, 2.75) is 31.5 Å². The van der Waals surface area contributed by atoms with Gasteiger partial charge in [-0.3, -0.25) is 4.79 Å². The summed E-state index contributed by atoms with van der Waals surface area (Å²) in [5, 5.41) is 11.6. The Hall–Kier alpha value is -1.95. The standard InChI is InChI=1S/C13H14N2O4/c16-12(9-6-8-1-2-11(9)19-8)15-7-3-4-14-10(5-7)13(17)18/h3-5,8-9,11H,1-2,6H2,(H,17,18)(H,14,15,16). The first kappa shape index (κ1) is 12.1. The molecule has 100 valence electrons. The summed E-state index contributed by atoms with van der Waals surface area (Å²) in [7, 11) is 0. The minimum Gasteiger partial charge on any atom is -0.477 e. The van der Waals surface area contributed by atoms with Gasteiger partial charge in [0.1, 0.15) is 5.69 Å². The Bertz CT molecular complexity index is 531. The number of carboxylic acid groups (broad SMARTS) is 1.